The zero-order valence-electron chi connectivity index (χ0n) is 13.4. The average Bonchev–Trinajstić information content (AvgIpc) is 2.84. The van der Waals surface area contributed by atoms with Gasteiger partial charge in [-0.1, -0.05) is 18.9 Å². The molecule has 3 heterocycles. The molecule has 0 aromatic carbocycles. The third-order valence-corrected chi connectivity index (χ3v) is 5.07. The van der Waals surface area contributed by atoms with E-state index in [1.54, 1.807) is 5.51 Å². The van der Waals surface area contributed by atoms with Crippen molar-refractivity contribution < 1.29 is 4.79 Å². The van der Waals surface area contributed by atoms with Gasteiger partial charge in [0, 0.05) is 25.8 Å². The number of aryl methyl sites for hydroxylation is 1. The molecule has 0 unspecified atom stereocenters. The highest BCUT2D eigenvalue weighted by atomic mass is 32.1. The largest absolute Gasteiger partial charge is 0.357 e. The molecule has 1 aliphatic rings. The number of hydrogen-bond donors (Lipinski definition) is 1. The highest BCUT2D eigenvalue weighted by Gasteiger charge is 2.12. The summed E-state index contributed by atoms with van der Waals surface area (Å²) in [7, 11) is 0. The van der Waals surface area contributed by atoms with E-state index in [1.165, 1.54) is 37.0 Å². The summed E-state index contributed by atoms with van der Waals surface area (Å²) in [5.41, 5.74) is 3.49. The second kappa shape index (κ2) is 7.55. The second-order valence-electron chi connectivity index (χ2n) is 5.88. The van der Waals surface area contributed by atoms with E-state index < -0.39 is 0 Å². The fraction of sp³-hybridized carbons (Fsp3) is 0.471. The fourth-order valence-electron chi connectivity index (χ4n) is 2.79. The number of amides is 1. The van der Waals surface area contributed by atoms with Gasteiger partial charge >= 0.3 is 0 Å². The first-order valence-electron chi connectivity index (χ1n) is 8.12. The zero-order chi connectivity index (χ0) is 16.1. The summed E-state index contributed by atoms with van der Waals surface area (Å²) in [4.78, 5) is 23.8. The highest BCUT2D eigenvalue weighted by Crippen LogP contribution is 2.17. The molecule has 0 saturated carbocycles. The molecule has 6 heteroatoms. The van der Waals surface area contributed by atoms with Gasteiger partial charge in [-0.3, -0.25) is 4.79 Å². The maximum absolute atomic E-state index is 12.1. The van der Waals surface area contributed by atoms with Gasteiger partial charge in [0.15, 0.2) is 0 Å². The van der Waals surface area contributed by atoms with Crippen molar-refractivity contribution in [2.75, 3.05) is 18.0 Å². The van der Waals surface area contributed by atoms with Crippen LogP contribution in [-0.4, -0.2) is 29.0 Å². The Balaban J connectivity index is 1.57. The van der Waals surface area contributed by atoms with Crippen molar-refractivity contribution in [1.29, 1.82) is 0 Å². The lowest BCUT2D eigenvalue weighted by Crippen LogP contribution is -2.25. The molecule has 0 radical (unpaired) electrons. The van der Waals surface area contributed by atoms with E-state index in [9.17, 15) is 4.79 Å². The van der Waals surface area contributed by atoms with Crippen molar-refractivity contribution in [2.24, 2.45) is 0 Å². The number of nitrogens with one attached hydrogen (secondary N) is 1. The lowest BCUT2D eigenvalue weighted by atomic mass is 10.2. The first-order valence-corrected chi connectivity index (χ1v) is 9.00. The third-order valence-electron chi connectivity index (χ3n) is 4.14. The molecule has 0 bridgehead atoms. The van der Waals surface area contributed by atoms with Crippen LogP contribution in [0, 0.1) is 6.92 Å². The summed E-state index contributed by atoms with van der Waals surface area (Å²) in [5, 5.41) is 2.93. The number of pyridine rings is 1. The highest BCUT2D eigenvalue weighted by molar-refractivity contribution is 7.11. The molecular formula is C17H22N4OS. The van der Waals surface area contributed by atoms with Crippen LogP contribution >= 0.6 is 11.3 Å². The van der Waals surface area contributed by atoms with Crippen LogP contribution in [0.5, 0.6) is 0 Å². The Labute approximate surface area is 140 Å². The van der Waals surface area contributed by atoms with E-state index in [4.69, 9.17) is 0 Å². The average molecular weight is 330 g/mol. The second-order valence-corrected chi connectivity index (χ2v) is 6.73. The molecule has 5 nitrogen and oxygen atoms in total. The minimum atomic E-state index is -0.0680. The summed E-state index contributed by atoms with van der Waals surface area (Å²) in [5.74, 6) is 0.974. The molecule has 0 aliphatic carbocycles. The molecule has 0 atom stereocenters. The smallest absolute Gasteiger partial charge is 0.263 e. The van der Waals surface area contributed by atoms with Crippen LogP contribution in [0.15, 0.2) is 23.8 Å². The number of hydrogen-bond acceptors (Lipinski definition) is 5. The number of nitrogens with zero attached hydrogens (tertiary/aromatic N) is 3. The number of carbonyl (C=O) groups excluding carboxylic acids is 1. The van der Waals surface area contributed by atoms with Gasteiger partial charge in [0.1, 0.15) is 10.7 Å². The zero-order valence-corrected chi connectivity index (χ0v) is 14.2. The van der Waals surface area contributed by atoms with Crippen LogP contribution in [0.25, 0.3) is 0 Å². The Kier molecular flexibility index (Phi) is 5.23. The van der Waals surface area contributed by atoms with Gasteiger partial charge in [-0.25, -0.2) is 9.97 Å². The van der Waals surface area contributed by atoms with Crippen molar-refractivity contribution in [2.45, 2.75) is 39.2 Å². The van der Waals surface area contributed by atoms with Crippen LogP contribution in [0.1, 0.15) is 46.6 Å². The molecule has 122 valence electrons. The molecular weight excluding hydrogens is 308 g/mol. The van der Waals surface area contributed by atoms with E-state index in [-0.39, 0.29) is 5.91 Å². The van der Waals surface area contributed by atoms with E-state index in [1.807, 2.05) is 19.2 Å². The van der Waals surface area contributed by atoms with Gasteiger partial charge < -0.3 is 10.2 Å². The minimum absolute atomic E-state index is 0.0680. The number of thiazole rings is 1. The molecule has 1 fully saturated rings. The first-order chi connectivity index (χ1) is 11.2. The van der Waals surface area contributed by atoms with Gasteiger partial charge in [0.25, 0.3) is 5.91 Å². The lowest BCUT2D eigenvalue weighted by Gasteiger charge is -2.21. The van der Waals surface area contributed by atoms with Crippen LogP contribution in [0.3, 0.4) is 0 Å². The van der Waals surface area contributed by atoms with Crippen molar-refractivity contribution in [1.82, 2.24) is 15.3 Å². The van der Waals surface area contributed by atoms with Crippen molar-refractivity contribution in [3.8, 4) is 0 Å². The Morgan fingerprint density at radius 3 is 2.61 bits per heavy atom. The lowest BCUT2D eigenvalue weighted by molar-refractivity contribution is 0.0954. The molecule has 1 amide bonds. The topological polar surface area (TPSA) is 58.1 Å². The molecule has 0 spiro atoms. The molecule has 1 aliphatic heterocycles. The molecule has 23 heavy (non-hydrogen) atoms. The van der Waals surface area contributed by atoms with Crippen molar-refractivity contribution in [3.63, 3.8) is 0 Å². The van der Waals surface area contributed by atoms with Gasteiger partial charge in [0.05, 0.1) is 11.2 Å². The van der Waals surface area contributed by atoms with Gasteiger partial charge in [-0.05, 0) is 31.4 Å². The molecule has 2 aromatic heterocycles. The maximum Gasteiger partial charge on any atom is 0.263 e. The molecule has 1 saturated heterocycles. The van der Waals surface area contributed by atoms with Gasteiger partial charge in [0.2, 0.25) is 0 Å². The number of rotatable bonds is 4. The van der Waals surface area contributed by atoms with Crippen LogP contribution < -0.4 is 10.2 Å². The predicted octanol–water partition coefficient (Wildman–Crippen LogP) is 3.16. The maximum atomic E-state index is 12.1. The van der Waals surface area contributed by atoms with E-state index >= 15 is 0 Å². The van der Waals surface area contributed by atoms with E-state index in [0.29, 0.717) is 11.4 Å². The van der Waals surface area contributed by atoms with Gasteiger partial charge in [-0.15, -0.1) is 11.3 Å². The van der Waals surface area contributed by atoms with E-state index in [0.717, 1.165) is 30.2 Å². The SMILES string of the molecule is Cc1ncsc1C(=O)NCc1ccc(N2CCCCCC2)nc1. The van der Waals surface area contributed by atoms with Crippen molar-refractivity contribution >= 4 is 23.1 Å². The Bertz CT molecular complexity index is 645. The third kappa shape index (κ3) is 4.07. The summed E-state index contributed by atoms with van der Waals surface area (Å²) < 4.78 is 0. The molecule has 1 N–H and O–H groups in total. The summed E-state index contributed by atoms with van der Waals surface area (Å²) in [6.45, 7) is 4.52. The first kappa shape index (κ1) is 15.9. The van der Waals surface area contributed by atoms with Gasteiger partial charge in [-0.2, -0.15) is 0 Å². The monoisotopic (exact) mass is 330 g/mol. The van der Waals surface area contributed by atoms with Crippen molar-refractivity contribution in [3.05, 3.63) is 40.0 Å². The predicted molar refractivity (Wildman–Crippen MR) is 92.9 cm³/mol. The molecule has 2 aromatic rings. The number of aromatic nitrogens is 2. The Hall–Kier alpha value is -1.95. The standard InChI is InChI=1S/C17H22N4OS/c1-13-16(23-12-20-13)17(22)19-11-14-6-7-15(18-10-14)21-8-4-2-3-5-9-21/h6-7,10,12H,2-5,8-9,11H2,1H3,(H,19,22). The fourth-order valence-corrected chi connectivity index (χ4v) is 3.51. The van der Waals surface area contributed by atoms with Crippen LogP contribution in [0.4, 0.5) is 5.82 Å². The van der Waals surface area contributed by atoms with E-state index in [2.05, 4.69) is 26.3 Å². The Morgan fingerprint density at radius 1 is 1.22 bits per heavy atom. The quantitative estimate of drug-likeness (QED) is 0.935. The normalized spacial score (nSPS) is 15.3. The summed E-state index contributed by atoms with van der Waals surface area (Å²) in [6.07, 6.45) is 6.98. The Morgan fingerprint density at radius 2 is 2.00 bits per heavy atom. The number of carbonyl (C=O) groups is 1. The molecule has 3 rings (SSSR count). The van der Waals surface area contributed by atoms with Crippen LogP contribution in [-0.2, 0) is 6.54 Å². The number of anilines is 1. The summed E-state index contributed by atoms with van der Waals surface area (Å²) >= 11 is 1.37. The summed E-state index contributed by atoms with van der Waals surface area (Å²) in [6, 6.07) is 4.11. The van der Waals surface area contributed by atoms with Crippen LogP contribution in [0.2, 0.25) is 0 Å². The minimum Gasteiger partial charge on any atom is -0.357 e.